The molecule has 0 aliphatic rings. The molecule has 1 nitrogen and oxygen atoms in total. The first-order chi connectivity index (χ1) is 8.85. The second-order valence-electron chi connectivity index (χ2n) is 5.64. The molecule has 0 aromatic rings. The molecule has 0 bridgehead atoms. The van der Waals surface area contributed by atoms with E-state index in [2.05, 4.69) is 21.0 Å². The van der Waals surface area contributed by atoms with Gasteiger partial charge in [0, 0.05) is 6.61 Å². The van der Waals surface area contributed by atoms with E-state index in [9.17, 15) is 0 Å². The van der Waals surface area contributed by atoms with Gasteiger partial charge in [-0.25, -0.2) is 0 Å². The van der Waals surface area contributed by atoms with Crippen molar-refractivity contribution in [3.05, 3.63) is 7.11 Å². The summed E-state index contributed by atoms with van der Waals surface area (Å²) in [6.07, 6.45) is 16.5. The van der Waals surface area contributed by atoms with Gasteiger partial charge < -0.3 is 4.74 Å². The largest absolute Gasteiger partial charge is 0.379 e. The summed E-state index contributed by atoms with van der Waals surface area (Å²) < 4.78 is 5.11. The van der Waals surface area contributed by atoms with Crippen LogP contribution < -0.4 is 0 Å². The van der Waals surface area contributed by atoms with Crippen molar-refractivity contribution in [1.82, 2.24) is 0 Å². The van der Waals surface area contributed by atoms with Crippen molar-refractivity contribution in [3.63, 3.8) is 0 Å². The van der Waals surface area contributed by atoms with Crippen molar-refractivity contribution in [1.29, 1.82) is 0 Å². The second-order valence-corrected chi connectivity index (χ2v) is 5.64. The second kappa shape index (κ2) is 15.0. The summed E-state index contributed by atoms with van der Waals surface area (Å²) >= 11 is 0. The first kappa shape index (κ1) is 18.0. The van der Waals surface area contributed by atoms with Gasteiger partial charge in [0.1, 0.15) is 0 Å². The molecular formula is C17H35O. The van der Waals surface area contributed by atoms with Gasteiger partial charge in [0.05, 0.1) is 7.11 Å². The molecule has 0 saturated heterocycles. The van der Waals surface area contributed by atoms with Crippen LogP contribution in [0.2, 0.25) is 0 Å². The molecule has 0 heterocycles. The molecule has 0 saturated carbocycles. The molecule has 1 radical (unpaired) electrons. The molecule has 0 spiro atoms. The van der Waals surface area contributed by atoms with Crippen LogP contribution in [0, 0.1) is 13.0 Å². The summed E-state index contributed by atoms with van der Waals surface area (Å²) in [4.78, 5) is 0. The SMILES string of the molecule is [CH2]OCC(CCCCCC)CCCCCCCC. The Kier molecular flexibility index (Phi) is 15.0. The molecule has 0 fully saturated rings. The van der Waals surface area contributed by atoms with Crippen molar-refractivity contribution in [3.8, 4) is 0 Å². The Balaban J connectivity index is 3.44. The Morgan fingerprint density at radius 1 is 0.722 bits per heavy atom. The van der Waals surface area contributed by atoms with E-state index in [1.165, 1.54) is 77.0 Å². The number of ether oxygens (including phenoxy) is 1. The molecule has 0 aliphatic heterocycles. The maximum Gasteiger partial charge on any atom is 0.0700 e. The van der Waals surface area contributed by atoms with E-state index in [1.807, 2.05) is 0 Å². The fourth-order valence-corrected chi connectivity index (χ4v) is 2.55. The summed E-state index contributed by atoms with van der Waals surface area (Å²) in [5, 5.41) is 0. The van der Waals surface area contributed by atoms with E-state index in [1.54, 1.807) is 0 Å². The molecule has 18 heavy (non-hydrogen) atoms. The molecule has 0 rings (SSSR count). The van der Waals surface area contributed by atoms with Crippen LogP contribution in [0.4, 0.5) is 0 Å². The van der Waals surface area contributed by atoms with Crippen LogP contribution in [-0.4, -0.2) is 6.61 Å². The lowest BCUT2D eigenvalue weighted by Crippen LogP contribution is -2.07. The Morgan fingerprint density at radius 2 is 1.17 bits per heavy atom. The van der Waals surface area contributed by atoms with Crippen LogP contribution in [0.25, 0.3) is 0 Å². The zero-order chi connectivity index (χ0) is 13.5. The standard InChI is InChI=1S/C17H35O/c1-4-6-8-10-11-13-15-17(16-18-3)14-12-9-7-5-2/h17H,3-16H2,1-2H3. The first-order valence-corrected chi connectivity index (χ1v) is 8.22. The molecule has 0 aromatic heterocycles. The van der Waals surface area contributed by atoms with Gasteiger partial charge in [-0.05, 0) is 18.8 Å². The first-order valence-electron chi connectivity index (χ1n) is 8.22. The molecule has 0 amide bonds. The van der Waals surface area contributed by atoms with E-state index < -0.39 is 0 Å². The molecule has 1 unspecified atom stereocenters. The van der Waals surface area contributed by atoms with Crippen LogP contribution in [0.15, 0.2) is 0 Å². The summed E-state index contributed by atoms with van der Waals surface area (Å²) in [7, 11) is 3.54. The minimum Gasteiger partial charge on any atom is -0.379 e. The summed E-state index contributed by atoms with van der Waals surface area (Å²) in [6, 6.07) is 0. The average Bonchev–Trinajstić information content (AvgIpc) is 2.38. The molecule has 0 aromatic carbocycles. The van der Waals surface area contributed by atoms with Gasteiger partial charge in [-0.3, -0.25) is 0 Å². The number of rotatable bonds is 14. The normalized spacial score (nSPS) is 12.8. The van der Waals surface area contributed by atoms with Gasteiger partial charge in [-0.1, -0.05) is 78.1 Å². The van der Waals surface area contributed by atoms with E-state index >= 15 is 0 Å². The summed E-state index contributed by atoms with van der Waals surface area (Å²) in [5.41, 5.74) is 0. The average molecular weight is 255 g/mol. The van der Waals surface area contributed by atoms with Gasteiger partial charge in [-0.15, -0.1) is 0 Å². The van der Waals surface area contributed by atoms with E-state index in [0.29, 0.717) is 0 Å². The zero-order valence-electron chi connectivity index (χ0n) is 12.9. The van der Waals surface area contributed by atoms with Crippen molar-refractivity contribution in [2.45, 2.75) is 90.9 Å². The maximum atomic E-state index is 5.11. The smallest absolute Gasteiger partial charge is 0.0700 e. The van der Waals surface area contributed by atoms with Crippen molar-refractivity contribution in [2.24, 2.45) is 5.92 Å². The molecule has 1 heteroatoms. The third-order valence-corrected chi connectivity index (χ3v) is 3.79. The van der Waals surface area contributed by atoms with E-state index in [4.69, 9.17) is 4.74 Å². The van der Waals surface area contributed by atoms with Crippen LogP contribution in [0.1, 0.15) is 90.9 Å². The highest BCUT2D eigenvalue weighted by Gasteiger charge is 2.07. The lowest BCUT2D eigenvalue weighted by molar-refractivity contribution is 0.171. The molecule has 109 valence electrons. The monoisotopic (exact) mass is 255 g/mol. The maximum absolute atomic E-state index is 5.11. The number of hydrogen-bond donors (Lipinski definition) is 0. The fourth-order valence-electron chi connectivity index (χ4n) is 2.55. The van der Waals surface area contributed by atoms with Gasteiger partial charge in [-0.2, -0.15) is 0 Å². The van der Waals surface area contributed by atoms with Gasteiger partial charge >= 0.3 is 0 Å². The zero-order valence-corrected chi connectivity index (χ0v) is 12.9. The molecule has 0 N–H and O–H groups in total. The van der Waals surface area contributed by atoms with Crippen LogP contribution >= 0.6 is 0 Å². The predicted octanol–water partition coefficient (Wildman–Crippen LogP) is 6.13. The van der Waals surface area contributed by atoms with Crippen molar-refractivity contribution < 1.29 is 4.74 Å². The molecular weight excluding hydrogens is 220 g/mol. The Hall–Kier alpha value is -0.0400. The fraction of sp³-hybridized carbons (Fsp3) is 0.941. The number of hydrogen-bond acceptors (Lipinski definition) is 1. The van der Waals surface area contributed by atoms with Crippen LogP contribution in [0.5, 0.6) is 0 Å². The predicted molar refractivity (Wildman–Crippen MR) is 81.6 cm³/mol. The highest BCUT2D eigenvalue weighted by Crippen LogP contribution is 2.19. The summed E-state index contributed by atoms with van der Waals surface area (Å²) in [6.45, 7) is 5.41. The van der Waals surface area contributed by atoms with Gasteiger partial charge in [0.15, 0.2) is 0 Å². The van der Waals surface area contributed by atoms with Crippen LogP contribution in [0.3, 0.4) is 0 Å². The van der Waals surface area contributed by atoms with Gasteiger partial charge in [0.25, 0.3) is 0 Å². The van der Waals surface area contributed by atoms with Gasteiger partial charge in [0.2, 0.25) is 0 Å². The summed E-state index contributed by atoms with van der Waals surface area (Å²) in [5.74, 6) is 0.755. The topological polar surface area (TPSA) is 9.23 Å². The highest BCUT2D eigenvalue weighted by molar-refractivity contribution is 4.60. The Labute approximate surface area is 116 Å². The Morgan fingerprint density at radius 3 is 1.67 bits per heavy atom. The Bertz CT molecular complexity index is 145. The highest BCUT2D eigenvalue weighted by atomic mass is 16.5. The third kappa shape index (κ3) is 12.4. The lowest BCUT2D eigenvalue weighted by atomic mass is 9.95. The number of unbranched alkanes of at least 4 members (excludes halogenated alkanes) is 8. The van der Waals surface area contributed by atoms with E-state index in [0.717, 1.165) is 12.5 Å². The molecule has 1 atom stereocenters. The van der Waals surface area contributed by atoms with Crippen LogP contribution in [-0.2, 0) is 4.74 Å². The van der Waals surface area contributed by atoms with E-state index in [-0.39, 0.29) is 0 Å². The minimum absolute atomic E-state index is 0.755. The molecule has 0 aliphatic carbocycles. The minimum atomic E-state index is 0.755. The lowest BCUT2D eigenvalue weighted by Gasteiger charge is -2.15. The quantitative estimate of drug-likeness (QED) is 0.339. The van der Waals surface area contributed by atoms with Crippen molar-refractivity contribution in [2.75, 3.05) is 6.61 Å². The van der Waals surface area contributed by atoms with Crippen molar-refractivity contribution >= 4 is 0 Å². The third-order valence-electron chi connectivity index (χ3n) is 3.79.